The minimum absolute atomic E-state index is 0.190. The summed E-state index contributed by atoms with van der Waals surface area (Å²) in [5, 5.41) is 12.4. The average Bonchev–Trinajstić information content (AvgIpc) is 3.19. The smallest absolute Gasteiger partial charge is 0.247 e. The molecule has 1 atom stereocenters. The van der Waals surface area contributed by atoms with Crippen LogP contribution in [0.15, 0.2) is 35.7 Å². The number of halogens is 1. The number of aromatic nitrogens is 3. The van der Waals surface area contributed by atoms with Gasteiger partial charge in [-0.25, -0.2) is 0 Å². The number of carbonyl (C=O) groups is 1. The number of aromatic amines is 1. The first-order valence-corrected chi connectivity index (χ1v) is 8.91. The van der Waals surface area contributed by atoms with Gasteiger partial charge in [-0.15, -0.1) is 11.3 Å². The molecule has 0 aliphatic rings. The predicted molar refractivity (Wildman–Crippen MR) is 100 cm³/mol. The molecule has 0 spiro atoms. The lowest BCUT2D eigenvalue weighted by molar-refractivity contribution is -0.118. The molecule has 2 N–H and O–H groups in total. The number of thiophene rings is 1. The van der Waals surface area contributed by atoms with Gasteiger partial charge in [0, 0.05) is 10.7 Å². The van der Waals surface area contributed by atoms with Crippen molar-refractivity contribution >= 4 is 46.8 Å². The Labute approximate surface area is 153 Å². The van der Waals surface area contributed by atoms with Crippen molar-refractivity contribution in [3.63, 3.8) is 0 Å². The van der Waals surface area contributed by atoms with Crippen LogP contribution in [0.5, 0.6) is 0 Å². The number of rotatable bonds is 4. The number of benzene rings is 1. The Balaban J connectivity index is 1.88. The molecule has 2 aromatic heterocycles. The molecule has 24 heavy (non-hydrogen) atoms. The number of hydrogen-bond donors (Lipinski definition) is 2. The van der Waals surface area contributed by atoms with Gasteiger partial charge in [0.25, 0.3) is 0 Å². The van der Waals surface area contributed by atoms with Gasteiger partial charge in [0.05, 0.1) is 4.88 Å². The third-order valence-corrected chi connectivity index (χ3v) is 5.21. The van der Waals surface area contributed by atoms with Gasteiger partial charge in [0.15, 0.2) is 10.6 Å². The first-order valence-electron chi connectivity index (χ1n) is 7.25. The molecule has 1 aromatic carbocycles. The van der Waals surface area contributed by atoms with Crippen LogP contribution in [0.4, 0.5) is 5.69 Å². The van der Waals surface area contributed by atoms with Crippen LogP contribution >= 0.6 is 35.2 Å². The van der Waals surface area contributed by atoms with E-state index in [2.05, 4.69) is 15.5 Å². The minimum Gasteiger partial charge on any atom is -0.324 e. The summed E-state index contributed by atoms with van der Waals surface area (Å²) in [5.41, 5.74) is 1.61. The van der Waals surface area contributed by atoms with Crippen molar-refractivity contribution in [3.8, 4) is 10.7 Å². The highest BCUT2D eigenvalue weighted by molar-refractivity contribution is 7.71. The topological polar surface area (TPSA) is 62.7 Å². The zero-order valence-corrected chi connectivity index (χ0v) is 15.4. The van der Waals surface area contributed by atoms with E-state index in [1.54, 1.807) is 28.9 Å². The van der Waals surface area contributed by atoms with E-state index in [1.165, 1.54) is 0 Å². The number of amides is 1. The molecule has 0 radical (unpaired) electrons. The van der Waals surface area contributed by atoms with Gasteiger partial charge in [0.2, 0.25) is 5.91 Å². The lowest BCUT2D eigenvalue weighted by Gasteiger charge is -2.15. The summed E-state index contributed by atoms with van der Waals surface area (Å²) in [5.74, 6) is 0.463. The van der Waals surface area contributed by atoms with Crippen molar-refractivity contribution in [1.29, 1.82) is 0 Å². The molecule has 3 aromatic rings. The summed E-state index contributed by atoms with van der Waals surface area (Å²) < 4.78 is 2.12. The number of hydrogen-bond acceptors (Lipinski definition) is 4. The Morgan fingerprint density at radius 3 is 2.92 bits per heavy atom. The van der Waals surface area contributed by atoms with Crippen molar-refractivity contribution in [2.75, 3.05) is 5.32 Å². The third kappa shape index (κ3) is 3.28. The number of nitrogens with one attached hydrogen (secondary N) is 2. The summed E-state index contributed by atoms with van der Waals surface area (Å²) in [4.78, 5) is 13.6. The van der Waals surface area contributed by atoms with E-state index in [9.17, 15) is 4.79 Å². The summed E-state index contributed by atoms with van der Waals surface area (Å²) >= 11 is 12.9. The van der Waals surface area contributed by atoms with E-state index in [-0.39, 0.29) is 5.91 Å². The van der Waals surface area contributed by atoms with Gasteiger partial charge in [0.1, 0.15) is 6.04 Å². The Kier molecular flexibility index (Phi) is 4.84. The molecule has 0 fully saturated rings. The maximum Gasteiger partial charge on any atom is 0.247 e. The Morgan fingerprint density at radius 2 is 2.25 bits per heavy atom. The van der Waals surface area contributed by atoms with Crippen LogP contribution in [0.25, 0.3) is 10.7 Å². The summed E-state index contributed by atoms with van der Waals surface area (Å²) in [7, 11) is 0. The normalized spacial score (nSPS) is 12.1. The van der Waals surface area contributed by atoms with E-state index >= 15 is 0 Å². The van der Waals surface area contributed by atoms with Gasteiger partial charge in [-0.3, -0.25) is 14.5 Å². The van der Waals surface area contributed by atoms with E-state index in [0.29, 0.717) is 21.3 Å². The molecule has 0 aliphatic carbocycles. The lowest BCUT2D eigenvalue weighted by atomic mass is 10.2. The van der Waals surface area contributed by atoms with E-state index in [0.717, 1.165) is 10.4 Å². The average molecular weight is 379 g/mol. The summed E-state index contributed by atoms with van der Waals surface area (Å²) in [6.07, 6.45) is 0. The van der Waals surface area contributed by atoms with Crippen molar-refractivity contribution in [2.45, 2.75) is 19.9 Å². The largest absolute Gasteiger partial charge is 0.324 e. The van der Waals surface area contributed by atoms with Gasteiger partial charge in [-0.2, -0.15) is 5.10 Å². The molecular weight excluding hydrogens is 364 g/mol. The molecule has 0 bridgehead atoms. The Morgan fingerprint density at radius 1 is 1.46 bits per heavy atom. The van der Waals surface area contributed by atoms with Crippen molar-refractivity contribution in [3.05, 3.63) is 51.1 Å². The first-order chi connectivity index (χ1) is 11.5. The standard InChI is InChI=1S/C16H15ClN4OS2/c1-9-5-6-11(8-12(9)17)18-15(22)10(2)21-14(19-20-16(21)23)13-4-3-7-24-13/h3-8,10H,1-2H3,(H,18,22)(H,20,23)/t10-/m1/s1. The third-order valence-electron chi connectivity index (χ3n) is 3.65. The van der Waals surface area contributed by atoms with Crippen LogP contribution in [0, 0.1) is 11.7 Å². The highest BCUT2D eigenvalue weighted by Crippen LogP contribution is 2.26. The number of anilines is 1. The lowest BCUT2D eigenvalue weighted by Crippen LogP contribution is -2.24. The molecule has 0 saturated carbocycles. The fourth-order valence-corrected chi connectivity index (χ4v) is 3.46. The second-order valence-electron chi connectivity index (χ2n) is 5.33. The molecule has 124 valence electrons. The number of H-pyrrole nitrogens is 1. The highest BCUT2D eigenvalue weighted by atomic mass is 35.5. The molecule has 3 rings (SSSR count). The zero-order chi connectivity index (χ0) is 17.3. The minimum atomic E-state index is -0.520. The van der Waals surface area contributed by atoms with Crippen LogP contribution in [0.1, 0.15) is 18.5 Å². The van der Waals surface area contributed by atoms with Gasteiger partial charge in [-0.05, 0) is 55.2 Å². The Bertz CT molecular complexity index is 930. The van der Waals surface area contributed by atoms with E-state index in [1.807, 2.05) is 36.6 Å². The van der Waals surface area contributed by atoms with Crippen LogP contribution < -0.4 is 5.32 Å². The number of aryl methyl sites for hydroxylation is 1. The maximum atomic E-state index is 12.6. The van der Waals surface area contributed by atoms with Crippen LogP contribution in [0.2, 0.25) is 5.02 Å². The SMILES string of the molecule is Cc1ccc(NC(=O)[C@@H](C)n2c(-c3cccs3)n[nH]c2=S)cc1Cl. The van der Waals surface area contributed by atoms with Crippen LogP contribution in [-0.4, -0.2) is 20.7 Å². The molecule has 0 unspecified atom stereocenters. The van der Waals surface area contributed by atoms with E-state index in [4.69, 9.17) is 23.8 Å². The maximum absolute atomic E-state index is 12.6. The fourth-order valence-electron chi connectivity index (χ4n) is 2.28. The van der Waals surface area contributed by atoms with Crippen molar-refractivity contribution in [2.24, 2.45) is 0 Å². The first kappa shape index (κ1) is 16.9. The molecule has 5 nitrogen and oxygen atoms in total. The molecular formula is C16H15ClN4OS2. The van der Waals surface area contributed by atoms with Gasteiger partial charge >= 0.3 is 0 Å². The second-order valence-corrected chi connectivity index (χ2v) is 7.07. The second kappa shape index (κ2) is 6.88. The van der Waals surface area contributed by atoms with Gasteiger partial charge < -0.3 is 5.32 Å². The fraction of sp³-hybridized carbons (Fsp3) is 0.188. The summed E-state index contributed by atoms with van der Waals surface area (Å²) in [6.45, 7) is 3.70. The molecule has 8 heteroatoms. The predicted octanol–water partition coefficient (Wildman–Crippen LogP) is 4.83. The van der Waals surface area contributed by atoms with Crippen molar-refractivity contribution in [1.82, 2.24) is 14.8 Å². The van der Waals surface area contributed by atoms with E-state index < -0.39 is 6.04 Å². The summed E-state index contributed by atoms with van der Waals surface area (Å²) in [6, 6.07) is 8.77. The number of carbonyl (C=O) groups excluding carboxylic acids is 1. The molecule has 1 amide bonds. The Hall–Kier alpha value is -1.96. The molecule has 0 saturated heterocycles. The zero-order valence-electron chi connectivity index (χ0n) is 13.0. The monoisotopic (exact) mass is 378 g/mol. The van der Waals surface area contributed by atoms with Crippen LogP contribution in [0.3, 0.4) is 0 Å². The van der Waals surface area contributed by atoms with Crippen LogP contribution in [-0.2, 0) is 4.79 Å². The molecule has 0 aliphatic heterocycles. The molecule has 2 heterocycles. The highest BCUT2D eigenvalue weighted by Gasteiger charge is 2.21. The number of nitrogens with zero attached hydrogens (tertiary/aromatic N) is 2. The van der Waals surface area contributed by atoms with Crippen molar-refractivity contribution < 1.29 is 4.79 Å². The quantitative estimate of drug-likeness (QED) is 0.639. The van der Waals surface area contributed by atoms with Gasteiger partial charge in [-0.1, -0.05) is 23.7 Å².